The Hall–Kier alpha value is -5.18. The molecule has 0 aliphatic heterocycles. The molecule has 1 atom stereocenters. The summed E-state index contributed by atoms with van der Waals surface area (Å²) in [5.41, 5.74) is 2.58. The lowest BCUT2D eigenvalue weighted by molar-refractivity contribution is -0.121. The first-order valence-electron chi connectivity index (χ1n) is 13.3. The number of carbonyl (C=O) groups is 2. The molecule has 0 aliphatic rings. The van der Waals surface area contributed by atoms with Crippen LogP contribution in [0.1, 0.15) is 41.5 Å². The van der Waals surface area contributed by atoms with Crippen molar-refractivity contribution in [2.24, 2.45) is 0 Å². The molecule has 0 unspecified atom stereocenters. The van der Waals surface area contributed by atoms with E-state index in [4.69, 9.17) is 23.7 Å². The van der Waals surface area contributed by atoms with E-state index in [0.29, 0.717) is 33.9 Å². The summed E-state index contributed by atoms with van der Waals surface area (Å²) in [4.78, 5) is 24.9. The van der Waals surface area contributed by atoms with Gasteiger partial charge >= 0.3 is 0 Å². The molecule has 43 heavy (non-hydrogen) atoms. The monoisotopic (exact) mass is 588 g/mol. The van der Waals surface area contributed by atoms with Crippen molar-refractivity contribution in [1.29, 1.82) is 0 Å². The van der Waals surface area contributed by atoms with E-state index in [1.165, 1.54) is 32.4 Å². The van der Waals surface area contributed by atoms with Gasteiger partial charge in [-0.05, 0) is 53.6 Å². The second-order valence-corrected chi connectivity index (χ2v) is 9.47. The Morgan fingerprint density at radius 2 is 1.23 bits per heavy atom. The minimum atomic E-state index is -0.389. The SMILES string of the molecule is COc1cc(/C=C/C(=O)CC(=O)/C=C/c2cc(OC)c(O)c([C@@H](C)/C=C/c3cc(OC)c(OC)cc3OC)c2)ccc1O. The third-order valence-electron chi connectivity index (χ3n) is 6.61. The largest absolute Gasteiger partial charge is 0.504 e. The minimum Gasteiger partial charge on any atom is -0.504 e. The van der Waals surface area contributed by atoms with Crippen LogP contribution in [0.25, 0.3) is 18.2 Å². The van der Waals surface area contributed by atoms with Crippen LogP contribution in [0, 0.1) is 0 Å². The lowest BCUT2D eigenvalue weighted by atomic mass is 9.95. The fourth-order valence-corrected chi connectivity index (χ4v) is 4.25. The number of phenols is 2. The van der Waals surface area contributed by atoms with Crippen LogP contribution in [0.4, 0.5) is 0 Å². The lowest BCUT2D eigenvalue weighted by Gasteiger charge is -2.15. The van der Waals surface area contributed by atoms with Crippen LogP contribution in [-0.2, 0) is 9.59 Å². The summed E-state index contributed by atoms with van der Waals surface area (Å²) in [6.07, 6.45) is 9.17. The molecule has 0 fully saturated rings. The number of phenolic OH excluding ortho intramolecular Hbond substituents is 2. The number of allylic oxidation sites excluding steroid dienone is 3. The average Bonchev–Trinajstić information content (AvgIpc) is 3.01. The molecular weight excluding hydrogens is 552 g/mol. The van der Waals surface area contributed by atoms with Gasteiger partial charge < -0.3 is 33.9 Å². The van der Waals surface area contributed by atoms with Crippen molar-refractivity contribution in [3.63, 3.8) is 0 Å². The summed E-state index contributed by atoms with van der Waals surface area (Å²) < 4.78 is 26.7. The fourth-order valence-electron chi connectivity index (χ4n) is 4.25. The van der Waals surface area contributed by atoms with Gasteiger partial charge in [0.1, 0.15) is 5.75 Å². The van der Waals surface area contributed by atoms with Gasteiger partial charge in [0.2, 0.25) is 0 Å². The molecule has 9 nitrogen and oxygen atoms in total. The predicted molar refractivity (Wildman–Crippen MR) is 166 cm³/mol. The maximum Gasteiger partial charge on any atom is 0.164 e. The van der Waals surface area contributed by atoms with E-state index < -0.39 is 0 Å². The first-order valence-corrected chi connectivity index (χ1v) is 13.3. The molecule has 0 bridgehead atoms. The zero-order valence-electron chi connectivity index (χ0n) is 25.0. The number of benzene rings is 3. The van der Waals surface area contributed by atoms with Gasteiger partial charge in [-0.3, -0.25) is 9.59 Å². The van der Waals surface area contributed by atoms with Gasteiger partial charge in [-0.1, -0.05) is 37.3 Å². The molecule has 0 saturated heterocycles. The second kappa shape index (κ2) is 15.2. The Morgan fingerprint density at radius 3 is 1.84 bits per heavy atom. The molecule has 0 spiro atoms. The quantitative estimate of drug-likeness (QED) is 0.167. The summed E-state index contributed by atoms with van der Waals surface area (Å²) in [5.74, 6) is 1.14. The highest BCUT2D eigenvalue weighted by Crippen LogP contribution is 2.39. The molecule has 2 N–H and O–H groups in total. The smallest absolute Gasteiger partial charge is 0.164 e. The molecule has 0 aromatic heterocycles. The van der Waals surface area contributed by atoms with Gasteiger partial charge in [0.25, 0.3) is 0 Å². The predicted octanol–water partition coefficient (Wildman–Crippen LogP) is 6.21. The zero-order valence-corrected chi connectivity index (χ0v) is 25.0. The molecular formula is C34H36O9. The van der Waals surface area contributed by atoms with Crippen molar-refractivity contribution in [2.45, 2.75) is 19.3 Å². The zero-order chi connectivity index (χ0) is 31.5. The van der Waals surface area contributed by atoms with Crippen LogP contribution in [0.15, 0.2) is 60.7 Å². The maximum atomic E-state index is 12.5. The number of hydrogen-bond acceptors (Lipinski definition) is 9. The average molecular weight is 589 g/mol. The van der Waals surface area contributed by atoms with Gasteiger partial charge in [-0.15, -0.1) is 0 Å². The summed E-state index contributed by atoms with van der Waals surface area (Å²) in [7, 11) is 7.54. The first kappa shape index (κ1) is 32.3. The Labute approximate surface area is 251 Å². The molecule has 0 aliphatic carbocycles. The summed E-state index contributed by atoms with van der Waals surface area (Å²) in [5, 5.41) is 20.5. The van der Waals surface area contributed by atoms with E-state index in [1.54, 1.807) is 69.9 Å². The van der Waals surface area contributed by atoms with Gasteiger partial charge in [0.15, 0.2) is 46.1 Å². The van der Waals surface area contributed by atoms with E-state index >= 15 is 0 Å². The first-order chi connectivity index (χ1) is 20.6. The van der Waals surface area contributed by atoms with Crippen LogP contribution in [0.2, 0.25) is 0 Å². The van der Waals surface area contributed by atoms with E-state index in [1.807, 2.05) is 19.1 Å². The molecule has 226 valence electrons. The van der Waals surface area contributed by atoms with Gasteiger partial charge in [0.05, 0.1) is 42.0 Å². The molecule has 3 aromatic rings. The van der Waals surface area contributed by atoms with E-state index in [9.17, 15) is 19.8 Å². The number of methoxy groups -OCH3 is 5. The standard InChI is InChI=1S/C34H36O9/c1-21(7-11-24-18-31(41-4)32(42-5)20-29(24)39-2)27-15-23(17-33(43-6)34(27)38)9-13-26(36)19-25(35)12-8-22-10-14-28(37)30(16-22)40-3/h7-18,20-21,37-38H,19H2,1-6H3/b11-7+,12-8+,13-9+/t21-/m0/s1. The van der Waals surface area contributed by atoms with E-state index in [2.05, 4.69) is 0 Å². The van der Waals surface area contributed by atoms with Crippen molar-refractivity contribution in [3.05, 3.63) is 82.9 Å². The van der Waals surface area contributed by atoms with Crippen molar-refractivity contribution < 1.29 is 43.5 Å². The summed E-state index contributed by atoms with van der Waals surface area (Å²) in [6, 6.07) is 11.6. The number of hydrogen-bond donors (Lipinski definition) is 2. The number of carbonyl (C=O) groups excluding carboxylic acids is 2. The molecule has 9 heteroatoms. The highest BCUT2D eigenvalue weighted by atomic mass is 16.5. The van der Waals surface area contributed by atoms with Gasteiger partial charge in [0, 0.05) is 23.1 Å². The number of aromatic hydroxyl groups is 2. The van der Waals surface area contributed by atoms with Crippen LogP contribution < -0.4 is 23.7 Å². The number of ether oxygens (including phenoxy) is 5. The highest BCUT2D eigenvalue weighted by molar-refractivity contribution is 6.10. The third-order valence-corrected chi connectivity index (χ3v) is 6.61. The maximum absolute atomic E-state index is 12.5. The van der Waals surface area contributed by atoms with Crippen molar-refractivity contribution >= 4 is 29.8 Å². The Balaban J connectivity index is 1.77. The fraction of sp³-hybridized carbons (Fsp3) is 0.235. The van der Waals surface area contributed by atoms with Crippen molar-refractivity contribution in [1.82, 2.24) is 0 Å². The Morgan fingerprint density at radius 1 is 0.674 bits per heavy atom. The molecule has 3 aromatic carbocycles. The summed E-state index contributed by atoms with van der Waals surface area (Å²) in [6.45, 7) is 1.91. The van der Waals surface area contributed by atoms with Crippen LogP contribution in [-0.4, -0.2) is 57.3 Å². The second-order valence-electron chi connectivity index (χ2n) is 9.47. The Bertz CT molecular complexity index is 1550. The molecule has 0 radical (unpaired) electrons. The molecule has 0 heterocycles. The van der Waals surface area contributed by atoms with E-state index in [0.717, 1.165) is 5.56 Å². The van der Waals surface area contributed by atoms with Gasteiger partial charge in [-0.25, -0.2) is 0 Å². The molecule has 3 rings (SSSR count). The summed E-state index contributed by atoms with van der Waals surface area (Å²) >= 11 is 0. The van der Waals surface area contributed by atoms with E-state index in [-0.39, 0.29) is 46.9 Å². The number of rotatable bonds is 14. The van der Waals surface area contributed by atoms with Crippen LogP contribution >= 0.6 is 0 Å². The number of ketones is 2. The topological polar surface area (TPSA) is 121 Å². The normalized spacial score (nSPS) is 12.0. The Kier molecular flexibility index (Phi) is 11.4. The minimum absolute atomic E-state index is 0.0103. The third kappa shape index (κ3) is 8.42. The highest BCUT2D eigenvalue weighted by Gasteiger charge is 2.16. The van der Waals surface area contributed by atoms with Crippen molar-refractivity contribution in [2.75, 3.05) is 35.5 Å². The van der Waals surface area contributed by atoms with Crippen LogP contribution in [0.5, 0.6) is 40.2 Å². The lowest BCUT2D eigenvalue weighted by Crippen LogP contribution is -2.02. The molecule has 0 amide bonds. The van der Waals surface area contributed by atoms with Gasteiger partial charge in [-0.2, -0.15) is 0 Å². The van der Waals surface area contributed by atoms with Crippen LogP contribution in [0.3, 0.4) is 0 Å². The molecule has 0 saturated carbocycles. The van der Waals surface area contributed by atoms with Crippen molar-refractivity contribution in [3.8, 4) is 40.2 Å².